The number of hydrogen-bond acceptors (Lipinski definition) is 5. The Hall–Kier alpha value is -2.15. The van der Waals surface area contributed by atoms with Gasteiger partial charge in [0, 0.05) is 19.5 Å². The normalized spacial score (nSPS) is 12.0. The molecule has 0 saturated carbocycles. The summed E-state index contributed by atoms with van der Waals surface area (Å²) in [6.45, 7) is 3.56. The van der Waals surface area contributed by atoms with Crippen molar-refractivity contribution in [3.8, 4) is 5.88 Å². The molecule has 0 aliphatic rings. The van der Waals surface area contributed by atoms with E-state index in [0.717, 1.165) is 0 Å². The molecule has 2 rings (SSSR count). The Labute approximate surface area is 133 Å². The van der Waals surface area contributed by atoms with Gasteiger partial charge in [0.05, 0.1) is 17.7 Å². The second-order valence-corrected chi connectivity index (χ2v) is 6.02. The minimum Gasteiger partial charge on any atom is -0.481 e. The Morgan fingerprint density at radius 2 is 2.23 bits per heavy atom. The number of ether oxygens (including phenoxy) is 1. The number of amides is 1. The van der Waals surface area contributed by atoms with Crippen LogP contribution in [0.3, 0.4) is 0 Å². The minimum absolute atomic E-state index is 0.0256. The molecule has 2 aromatic rings. The number of aryl methyl sites for hydroxylation is 2. The fourth-order valence-corrected chi connectivity index (χ4v) is 2.97. The number of aromatic nitrogens is 2. The summed E-state index contributed by atoms with van der Waals surface area (Å²) in [7, 11) is 3.21. The van der Waals surface area contributed by atoms with Crippen LogP contribution in [0.2, 0.25) is 0 Å². The molecule has 0 aromatic carbocycles. The molecule has 0 saturated heterocycles. The number of methoxy groups -OCH3 is 1. The van der Waals surface area contributed by atoms with E-state index >= 15 is 0 Å². The number of nitrogens with one attached hydrogen (secondary N) is 1. The van der Waals surface area contributed by atoms with Crippen molar-refractivity contribution in [3.63, 3.8) is 0 Å². The maximum Gasteiger partial charge on any atom is 0.258 e. The van der Waals surface area contributed by atoms with Crippen molar-refractivity contribution in [2.75, 3.05) is 7.11 Å². The number of ketones is 1. The molecule has 0 unspecified atom stereocenters. The van der Waals surface area contributed by atoms with Gasteiger partial charge in [0.25, 0.3) is 5.91 Å². The molecule has 0 aliphatic carbocycles. The lowest BCUT2D eigenvalue weighted by molar-refractivity contribution is 0.0916. The van der Waals surface area contributed by atoms with Crippen LogP contribution in [0.15, 0.2) is 17.5 Å². The molecule has 22 heavy (non-hydrogen) atoms. The fourth-order valence-electron chi connectivity index (χ4n) is 2.30. The summed E-state index contributed by atoms with van der Waals surface area (Å²) >= 11 is 1.40. The SMILES string of the molecule is COc1c(C(=O)N[C@H](C)CC(=O)c2cccs2)c(C)nn1C. The highest BCUT2D eigenvalue weighted by Gasteiger charge is 2.23. The van der Waals surface area contributed by atoms with Crippen molar-refractivity contribution >= 4 is 23.0 Å². The number of hydrogen-bond donors (Lipinski definition) is 1. The first-order chi connectivity index (χ1) is 10.4. The zero-order valence-corrected chi connectivity index (χ0v) is 13.9. The third kappa shape index (κ3) is 3.36. The van der Waals surface area contributed by atoms with E-state index in [2.05, 4.69) is 10.4 Å². The van der Waals surface area contributed by atoms with E-state index in [4.69, 9.17) is 4.74 Å². The van der Waals surface area contributed by atoms with E-state index in [1.807, 2.05) is 18.4 Å². The summed E-state index contributed by atoms with van der Waals surface area (Å²) in [4.78, 5) is 25.1. The first kappa shape index (κ1) is 16.2. The van der Waals surface area contributed by atoms with E-state index in [9.17, 15) is 9.59 Å². The van der Waals surface area contributed by atoms with Gasteiger partial charge in [-0.3, -0.25) is 9.59 Å². The average molecular weight is 321 g/mol. The van der Waals surface area contributed by atoms with Crippen LogP contribution in [-0.4, -0.2) is 34.6 Å². The molecule has 0 aliphatic heterocycles. The molecule has 1 atom stereocenters. The largest absolute Gasteiger partial charge is 0.481 e. The average Bonchev–Trinajstić information content (AvgIpc) is 3.05. The van der Waals surface area contributed by atoms with Gasteiger partial charge in [0.1, 0.15) is 5.56 Å². The van der Waals surface area contributed by atoms with E-state index in [-0.39, 0.29) is 24.2 Å². The Morgan fingerprint density at radius 1 is 1.50 bits per heavy atom. The van der Waals surface area contributed by atoms with Crippen molar-refractivity contribution in [2.45, 2.75) is 26.3 Å². The molecular formula is C15H19N3O3S. The standard InChI is InChI=1S/C15H19N3O3S/c1-9(8-11(19)12-6-5-7-22-12)16-14(20)13-10(2)17-18(3)15(13)21-4/h5-7,9H,8H2,1-4H3,(H,16,20)/t9-/m1/s1. The molecule has 2 heterocycles. The first-order valence-corrected chi connectivity index (χ1v) is 7.77. The Bertz CT molecular complexity index is 677. The van der Waals surface area contributed by atoms with Crippen molar-refractivity contribution < 1.29 is 14.3 Å². The Morgan fingerprint density at radius 3 is 2.82 bits per heavy atom. The molecular weight excluding hydrogens is 302 g/mol. The monoisotopic (exact) mass is 321 g/mol. The number of rotatable bonds is 6. The molecule has 1 N–H and O–H groups in total. The molecule has 0 radical (unpaired) electrons. The maximum absolute atomic E-state index is 12.4. The third-order valence-corrected chi connectivity index (χ3v) is 4.17. The van der Waals surface area contributed by atoms with Crippen molar-refractivity contribution in [1.29, 1.82) is 0 Å². The van der Waals surface area contributed by atoms with Gasteiger partial charge in [-0.1, -0.05) is 6.07 Å². The van der Waals surface area contributed by atoms with Gasteiger partial charge in [0.2, 0.25) is 5.88 Å². The smallest absolute Gasteiger partial charge is 0.258 e. The molecule has 1 amide bonds. The van der Waals surface area contributed by atoms with Gasteiger partial charge in [-0.2, -0.15) is 5.10 Å². The summed E-state index contributed by atoms with van der Waals surface area (Å²) in [5.74, 6) is 0.151. The van der Waals surface area contributed by atoms with Crippen LogP contribution in [0.25, 0.3) is 0 Å². The van der Waals surface area contributed by atoms with Crippen LogP contribution in [0.5, 0.6) is 5.88 Å². The zero-order chi connectivity index (χ0) is 16.3. The summed E-state index contributed by atoms with van der Waals surface area (Å²) in [5, 5.41) is 8.87. The highest BCUT2D eigenvalue weighted by atomic mass is 32.1. The van der Waals surface area contributed by atoms with Crippen LogP contribution in [0.1, 0.15) is 39.1 Å². The number of carbonyl (C=O) groups is 2. The molecule has 0 fully saturated rings. The highest BCUT2D eigenvalue weighted by Crippen LogP contribution is 2.21. The summed E-state index contributed by atoms with van der Waals surface area (Å²) in [6.07, 6.45) is 0.258. The number of carbonyl (C=O) groups excluding carboxylic acids is 2. The number of nitrogens with zero attached hydrogens (tertiary/aromatic N) is 2. The van der Waals surface area contributed by atoms with Crippen molar-refractivity contribution in [2.24, 2.45) is 7.05 Å². The highest BCUT2D eigenvalue weighted by molar-refractivity contribution is 7.12. The molecule has 6 nitrogen and oxygen atoms in total. The zero-order valence-electron chi connectivity index (χ0n) is 13.0. The lowest BCUT2D eigenvalue weighted by Gasteiger charge is -2.13. The molecule has 118 valence electrons. The van der Waals surface area contributed by atoms with Gasteiger partial charge in [-0.05, 0) is 25.3 Å². The first-order valence-electron chi connectivity index (χ1n) is 6.89. The lowest BCUT2D eigenvalue weighted by Crippen LogP contribution is -2.34. The number of thiophene rings is 1. The molecule has 0 bridgehead atoms. The Balaban J connectivity index is 2.04. The Kier molecular flexibility index (Phi) is 4.97. The second-order valence-electron chi connectivity index (χ2n) is 5.07. The van der Waals surface area contributed by atoms with Gasteiger partial charge >= 0.3 is 0 Å². The second kappa shape index (κ2) is 6.74. The van der Waals surface area contributed by atoms with E-state index in [1.54, 1.807) is 20.0 Å². The van der Waals surface area contributed by atoms with Crippen molar-refractivity contribution in [3.05, 3.63) is 33.6 Å². The minimum atomic E-state index is -0.283. The van der Waals surface area contributed by atoms with Crippen LogP contribution in [0.4, 0.5) is 0 Å². The summed E-state index contributed by atoms with van der Waals surface area (Å²) in [5.41, 5.74) is 0.994. The summed E-state index contributed by atoms with van der Waals surface area (Å²) in [6, 6.07) is 3.35. The van der Waals surface area contributed by atoms with E-state index in [1.165, 1.54) is 23.1 Å². The fraction of sp³-hybridized carbons (Fsp3) is 0.400. The topological polar surface area (TPSA) is 73.2 Å². The van der Waals surface area contributed by atoms with E-state index < -0.39 is 0 Å². The summed E-state index contributed by atoms with van der Waals surface area (Å²) < 4.78 is 6.73. The predicted molar refractivity (Wildman–Crippen MR) is 84.7 cm³/mol. The van der Waals surface area contributed by atoms with Crippen LogP contribution >= 0.6 is 11.3 Å². The van der Waals surface area contributed by atoms with Gasteiger partial charge < -0.3 is 10.1 Å². The van der Waals surface area contributed by atoms with Gasteiger partial charge in [0.15, 0.2) is 5.78 Å². The molecule has 2 aromatic heterocycles. The van der Waals surface area contributed by atoms with Crippen LogP contribution < -0.4 is 10.1 Å². The molecule has 0 spiro atoms. The van der Waals surface area contributed by atoms with Crippen molar-refractivity contribution in [1.82, 2.24) is 15.1 Å². The van der Waals surface area contributed by atoms with Gasteiger partial charge in [-0.15, -0.1) is 11.3 Å². The maximum atomic E-state index is 12.4. The van der Waals surface area contributed by atoms with E-state index in [0.29, 0.717) is 22.0 Å². The van der Waals surface area contributed by atoms with Crippen LogP contribution in [0, 0.1) is 6.92 Å². The van der Waals surface area contributed by atoms with Crippen LogP contribution in [-0.2, 0) is 7.05 Å². The number of Topliss-reactive ketones (excluding diaryl/α,β-unsaturated/α-hetero) is 1. The lowest BCUT2D eigenvalue weighted by atomic mass is 10.1. The molecule has 7 heteroatoms. The predicted octanol–water partition coefficient (Wildman–Crippen LogP) is 2.19. The quantitative estimate of drug-likeness (QED) is 0.828. The van der Waals surface area contributed by atoms with Gasteiger partial charge in [-0.25, -0.2) is 4.68 Å². The third-order valence-electron chi connectivity index (χ3n) is 3.26.